The molecule has 0 unspecified atom stereocenters. The average Bonchev–Trinajstić information content (AvgIpc) is 3.15. The van der Waals surface area contributed by atoms with Crippen LogP contribution < -0.4 is 9.70 Å². The van der Waals surface area contributed by atoms with Crippen LogP contribution in [0.4, 0.5) is 5.69 Å². The van der Waals surface area contributed by atoms with Crippen LogP contribution in [0.1, 0.15) is 6.92 Å². The number of halogens is 1. The van der Waals surface area contributed by atoms with E-state index in [0.717, 1.165) is 34.3 Å². The van der Waals surface area contributed by atoms with Gasteiger partial charge in [0.1, 0.15) is 0 Å². The number of amides is 2. The smallest absolute Gasteiger partial charge is 0.258 e. The highest BCUT2D eigenvalue weighted by Gasteiger charge is 2.21. The number of carbonyl (C=O) groups is 2. The molecule has 1 aromatic heterocycles. The van der Waals surface area contributed by atoms with E-state index in [1.807, 2.05) is 52.8 Å². The lowest BCUT2D eigenvalue weighted by molar-refractivity contribution is -0.128. The second-order valence-electron chi connectivity index (χ2n) is 7.44. The number of hydrogen-bond acceptors (Lipinski definition) is 5. The van der Waals surface area contributed by atoms with Gasteiger partial charge in [-0.05, 0) is 37.3 Å². The van der Waals surface area contributed by atoms with E-state index < -0.39 is 0 Å². The molecule has 3 aromatic rings. The predicted molar refractivity (Wildman–Crippen MR) is 136 cm³/mol. The number of aromatic nitrogens is 1. The van der Waals surface area contributed by atoms with E-state index in [0.29, 0.717) is 23.6 Å². The van der Waals surface area contributed by atoms with Gasteiger partial charge in [-0.2, -0.15) is 4.99 Å². The van der Waals surface area contributed by atoms with Crippen molar-refractivity contribution in [1.82, 2.24) is 9.47 Å². The number of fused-ring (bicyclic) bond motifs is 1. The van der Waals surface area contributed by atoms with Gasteiger partial charge in [-0.1, -0.05) is 45.5 Å². The lowest BCUT2D eigenvalue weighted by Gasteiger charge is -2.36. The maximum atomic E-state index is 12.6. The van der Waals surface area contributed by atoms with Gasteiger partial charge in [0.25, 0.3) is 5.91 Å². The average molecular weight is 534 g/mol. The first-order valence-corrected chi connectivity index (χ1v) is 13.3. The van der Waals surface area contributed by atoms with Gasteiger partial charge in [0, 0.05) is 42.9 Å². The summed E-state index contributed by atoms with van der Waals surface area (Å²) in [4.78, 5) is 34.2. The molecule has 2 heterocycles. The van der Waals surface area contributed by atoms with Gasteiger partial charge in [-0.25, -0.2) is 0 Å². The molecule has 0 atom stereocenters. The normalized spacial score (nSPS) is 14.9. The van der Waals surface area contributed by atoms with Crippen molar-refractivity contribution < 1.29 is 9.59 Å². The van der Waals surface area contributed by atoms with E-state index in [4.69, 9.17) is 0 Å². The molecule has 0 aliphatic carbocycles. The summed E-state index contributed by atoms with van der Waals surface area (Å²) in [6.07, 6.45) is 0. The summed E-state index contributed by atoms with van der Waals surface area (Å²) < 4.78 is 4.14. The van der Waals surface area contributed by atoms with E-state index in [9.17, 15) is 9.59 Å². The van der Waals surface area contributed by atoms with Crippen molar-refractivity contribution in [3.05, 3.63) is 57.8 Å². The zero-order valence-electron chi connectivity index (χ0n) is 17.9. The first-order valence-electron chi connectivity index (χ1n) is 10.6. The van der Waals surface area contributed by atoms with Crippen LogP contribution in [-0.4, -0.2) is 59.0 Å². The first-order chi connectivity index (χ1) is 15.5. The molecular formula is C23H25BrN4O2S2. The first kappa shape index (κ1) is 23.1. The topological polar surface area (TPSA) is 57.9 Å². The van der Waals surface area contributed by atoms with Crippen LogP contribution in [0, 0.1) is 0 Å². The minimum atomic E-state index is -0.204. The number of rotatable bonds is 6. The molecule has 2 aromatic carbocycles. The molecule has 168 valence electrons. The number of aryl methyl sites for hydroxylation is 1. The highest BCUT2D eigenvalue weighted by atomic mass is 79.9. The van der Waals surface area contributed by atoms with Crippen molar-refractivity contribution in [2.45, 2.75) is 13.5 Å². The van der Waals surface area contributed by atoms with Crippen LogP contribution in [-0.2, 0) is 16.1 Å². The summed E-state index contributed by atoms with van der Waals surface area (Å²) in [6, 6.07) is 16.3. The molecule has 1 fully saturated rings. The summed E-state index contributed by atoms with van der Waals surface area (Å²) in [6.45, 7) is 5.86. The molecule has 0 saturated carbocycles. The summed E-state index contributed by atoms with van der Waals surface area (Å²) in [5.41, 5.74) is 2.27. The zero-order valence-corrected chi connectivity index (χ0v) is 21.1. The van der Waals surface area contributed by atoms with E-state index in [-0.39, 0.29) is 17.6 Å². The van der Waals surface area contributed by atoms with Gasteiger partial charge in [-0.3, -0.25) is 9.59 Å². The number of carbonyl (C=O) groups excluding carboxylic acids is 2. The van der Waals surface area contributed by atoms with Crippen LogP contribution in [0.3, 0.4) is 0 Å². The van der Waals surface area contributed by atoms with Crippen molar-refractivity contribution >= 4 is 66.7 Å². The monoisotopic (exact) mass is 532 g/mol. The molecule has 4 rings (SSSR count). The largest absolute Gasteiger partial charge is 0.368 e. The lowest BCUT2D eigenvalue weighted by atomic mass is 10.2. The van der Waals surface area contributed by atoms with Crippen molar-refractivity contribution in [3.8, 4) is 0 Å². The molecule has 0 spiro atoms. The number of thioether (sulfide) groups is 1. The summed E-state index contributed by atoms with van der Waals surface area (Å²) in [7, 11) is 0. The molecule has 9 heteroatoms. The molecule has 1 aliphatic heterocycles. The molecule has 0 bridgehead atoms. The molecule has 1 aliphatic rings. The zero-order chi connectivity index (χ0) is 22.5. The Morgan fingerprint density at radius 3 is 2.53 bits per heavy atom. The number of benzene rings is 2. The Morgan fingerprint density at radius 2 is 1.81 bits per heavy atom. The Balaban J connectivity index is 1.29. The van der Waals surface area contributed by atoms with Crippen LogP contribution in [0.2, 0.25) is 0 Å². The van der Waals surface area contributed by atoms with E-state index in [1.54, 1.807) is 0 Å². The van der Waals surface area contributed by atoms with Gasteiger partial charge in [0.05, 0.1) is 21.7 Å². The van der Waals surface area contributed by atoms with E-state index in [2.05, 4.69) is 38.0 Å². The number of para-hydroxylation sites is 1. The highest BCUT2D eigenvalue weighted by molar-refractivity contribution is 9.10. The van der Waals surface area contributed by atoms with Gasteiger partial charge in [0.15, 0.2) is 4.80 Å². The Kier molecular flexibility index (Phi) is 7.70. The van der Waals surface area contributed by atoms with Crippen molar-refractivity contribution in [2.24, 2.45) is 4.99 Å². The summed E-state index contributed by atoms with van der Waals surface area (Å²) >= 11 is 6.34. The molecule has 0 N–H and O–H groups in total. The number of hydrogen-bond donors (Lipinski definition) is 0. The van der Waals surface area contributed by atoms with Crippen LogP contribution >= 0.6 is 39.0 Å². The minimum absolute atomic E-state index is 0.0887. The fraction of sp³-hybridized carbons (Fsp3) is 0.348. The van der Waals surface area contributed by atoms with E-state index >= 15 is 0 Å². The van der Waals surface area contributed by atoms with Crippen molar-refractivity contribution in [1.29, 1.82) is 0 Å². The van der Waals surface area contributed by atoms with Crippen molar-refractivity contribution in [2.75, 3.05) is 42.6 Å². The number of piperazine rings is 1. The fourth-order valence-electron chi connectivity index (χ4n) is 3.75. The number of anilines is 1. The second kappa shape index (κ2) is 10.7. The molecular weight excluding hydrogens is 508 g/mol. The Morgan fingerprint density at radius 1 is 1.06 bits per heavy atom. The Labute approximate surface area is 204 Å². The van der Waals surface area contributed by atoms with Crippen LogP contribution in [0.15, 0.2) is 58.0 Å². The van der Waals surface area contributed by atoms with Crippen LogP contribution in [0.5, 0.6) is 0 Å². The molecule has 1 saturated heterocycles. The van der Waals surface area contributed by atoms with Gasteiger partial charge in [0.2, 0.25) is 5.91 Å². The number of thiazole rings is 1. The Bertz CT molecular complexity index is 1170. The third-order valence-electron chi connectivity index (χ3n) is 5.39. The molecule has 32 heavy (non-hydrogen) atoms. The van der Waals surface area contributed by atoms with Gasteiger partial charge >= 0.3 is 0 Å². The second-order valence-corrected chi connectivity index (χ2v) is 10.4. The third kappa shape index (κ3) is 5.44. The van der Waals surface area contributed by atoms with Crippen LogP contribution in [0.25, 0.3) is 10.2 Å². The quantitative estimate of drug-likeness (QED) is 0.481. The predicted octanol–water partition coefficient (Wildman–Crippen LogP) is 3.99. The van der Waals surface area contributed by atoms with E-state index in [1.165, 1.54) is 28.8 Å². The van der Waals surface area contributed by atoms with Crippen molar-refractivity contribution in [3.63, 3.8) is 0 Å². The molecule has 2 amide bonds. The fourth-order valence-corrected chi connectivity index (χ4v) is 6.11. The minimum Gasteiger partial charge on any atom is -0.368 e. The maximum Gasteiger partial charge on any atom is 0.258 e. The van der Waals surface area contributed by atoms with Gasteiger partial charge < -0.3 is 14.4 Å². The summed E-state index contributed by atoms with van der Waals surface area (Å²) in [5.74, 6) is 0.396. The molecule has 0 radical (unpaired) electrons. The summed E-state index contributed by atoms with van der Waals surface area (Å²) in [5, 5.41) is 0. The SMILES string of the molecule is CCn1c(=NC(=O)CSCC(=O)N2CCN(c3ccccc3)CC2)sc2cc(Br)ccc21. The number of nitrogens with zero attached hydrogens (tertiary/aromatic N) is 4. The van der Waals surface area contributed by atoms with Gasteiger partial charge in [-0.15, -0.1) is 11.8 Å². The molecule has 6 nitrogen and oxygen atoms in total. The lowest BCUT2D eigenvalue weighted by Crippen LogP contribution is -2.49. The standard InChI is InChI=1S/C23H25BrN4O2S2/c1-2-28-19-9-8-17(24)14-20(19)32-23(28)25-21(29)15-31-16-22(30)27-12-10-26(11-13-27)18-6-4-3-5-7-18/h3-9,14H,2,10-13,15-16H2,1H3. The third-order valence-corrected chi connectivity index (χ3v) is 7.82. The maximum absolute atomic E-state index is 12.6. The Hall–Kier alpha value is -2.10. The highest BCUT2D eigenvalue weighted by Crippen LogP contribution is 2.22.